The molecule has 0 unspecified atom stereocenters. The highest BCUT2D eigenvalue weighted by atomic mass is 32.2. The number of nitrogens with one attached hydrogen (secondary N) is 2. The first-order valence-corrected chi connectivity index (χ1v) is 12.2. The number of amides is 1. The summed E-state index contributed by atoms with van der Waals surface area (Å²) in [6.07, 6.45) is 2.47. The molecule has 32 heavy (non-hydrogen) atoms. The van der Waals surface area contributed by atoms with Gasteiger partial charge in [0.1, 0.15) is 0 Å². The van der Waals surface area contributed by atoms with E-state index in [2.05, 4.69) is 27.1 Å². The molecule has 3 aromatic rings. The second-order valence-electron chi connectivity index (χ2n) is 7.94. The lowest BCUT2D eigenvalue weighted by Gasteiger charge is -2.18. The normalized spacial score (nSPS) is 13.7. The summed E-state index contributed by atoms with van der Waals surface area (Å²) >= 11 is 0. The maximum absolute atomic E-state index is 12.8. The molecule has 2 N–H and O–H groups in total. The van der Waals surface area contributed by atoms with Crippen LogP contribution in [0.15, 0.2) is 77.7 Å². The maximum Gasteiger partial charge on any atom is 0.261 e. The highest BCUT2D eigenvalue weighted by Gasteiger charge is 2.18. The van der Waals surface area contributed by atoms with E-state index in [-0.39, 0.29) is 10.8 Å². The van der Waals surface area contributed by atoms with Crippen molar-refractivity contribution in [3.8, 4) is 0 Å². The Kier molecular flexibility index (Phi) is 6.46. The summed E-state index contributed by atoms with van der Waals surface area (Å²) in [5.74, 6) is -0.244. The Hall–Kier alpha value is -3.32. The molecule has 0 aliphatic carbocycles. The Morgan fingerprint density at radius 2 is 1.59 bits per heavy atom. The highest BCUT2D eigenvalue weighted by Crippen LogP contribution is 2.23. The quantitative estimate of drug-likeness (QED) is 0.563. The maximum atomic E-state index is 12.8. The Balaban J connectivity index is 1.43. The van der Waals surface area contributed by atoms with Crippen molar-refractivity contribution in [1.82, 2.24) is 5.32 Å². The summed E-state index contributed by atoms with van der Waals surface area (Å²) < 4.78 is 27.9. The number of rotatable bonds is 7. The van der Waals surface area contributed by atoms with Gasteiger partial charge in [0, 0.05) is 30.9 Å². The number of hydrogen-bond acceptors (Lipinski definition) is 4. The van der Waals surface area contributed by atoms with Crippen molar-refractivity contribution in [2.45, 2.75) is 31.2 Å². The van der Waals surface area contributed by atoms with Gasteiger partial charge in [-0.25, -0.2) is 8.42 Å². The summed E-state index contributed by atoms with van der Waals surface area (Å²) in [5.41, 5.74) is 3.63. The van der Waals surface area contributed by atoms with Crippen molar-refractivity contribution >= 4 is 27.3 Å². The van der Waals surface area contributed by atoms with Crippen molar-refractivity contribution in [2.24, 2.45) is 0 Å². The number of sulfonamides is 1. The van der Waals surface area contributed by atoms with E-state index in [9.17, 15) is 13.2 Å². The van der Waals surface area contributed by atoms with Gasteiger partial charge in [-0.15, -0.1) is 0 Å². The molecule has 166 valence electrons. The Morgan fingerprint density at radius 3 is 2.28 bits per heavy atom. The van der Waals surface area contributed by atoms with E-state index < -0.39 is 10.0 Å². The fourth-order valence-corrected chi connectivity index (χ4v) is 5.02. The molecule has 0 spiro atoms. The highest BCUT2D eigenvalue weighted by molar-refractivity contribution is 7.92. The SMILES string of the molecule is Cc1c(NS(=O)(=O)c2ccccc2)cccc1C(=O)NCc1ccc(N2CCCC2)cc1. The zero-order valence-corrected chi connectivity index (χ0v) is 18.9. The van der Waals surface area contributed by atoms with Gasteiger partial charge in [-0.2, -0.15) is 0 Å². The van der Waals surface area contributed by atoms with Gasteiger partial charge in [0.25, 0.3) is 15.9 Å². The van der Waals surface area contributed by atoms with E-state index in [0.29, 0.717) is 23.4 Å². The van der Waals surface area contributed by atoms with Crippen LogP contribution in [0.1, 0.15) is 34.3 Å². The van der Waals surface area contributed by atoms with Crippen LogP contribution >= 0.6 is 0 Å². The van der Waals surface area contributed by atoms with E-state index in [1.165, 1.54) is 30.7 Å². The molecule has 1 fully saturated rings. The zero-order chi connectivity index (χ0) is 22.6. The van der Waals surface area contributed by atoms with Gasteiger partial charge in [0.05, 0.1) is 10.6 Å². The van der Waals surface area contributed by atoms with Crippen LogP contribution in [0.2, 0.25) is 0 Å². The zero-order valence-electron chi connectivity index (χ0n) is 18.0. The molecule has 1 heterocycles. The summed E-state index contributed by atoms with van der Waals surface area (Å²) in [4.78, 5) is 15.3. The second-order valence-corrected chi connectivity index (χ2v) is 9.62. The molecule has 1 amide bonds. The number of carbonyl (C=O) groups is 1. The summed E-state index contributed by atoms with van der Waals surface area (Å²) in [5, 5.41) is 2.94. The van der Waals surface area contributed by atoms with E-state index in [4.69, 9.17) is 0 Å². The van der Waals surface area contributed by atoms with Gasteiger partial charge < -0.3 is 10.2 Å². The molecule has 1 aliphatic heterocycles. The van der Waals surface area contributed by atoms with E-state index in [1.54, 1.807) is 43.3 Å². The molecule has 0 radical (unpaired) electrons. The standard InChI is InChI=1S/C25H27N3O3S/c1-19-23(10-7-11-24(19)27-32(30,31)22-8-3-2-4-9-22)25(29)26-18-20-12-14-21(15-13-20)28-16-5-6-17-28/h2-4,7-15,27H,5-6,16-18H2,1H3,(H,26,29). The average molecular weight is 450 g/mol. The molecule has 0 saturated carbocycles. The summed E-state index contributed by atoms with van der Waals surface area (Å²) in [6.45, 7) is 4.33. The lowest BCUT2D eigenvalue weighted by Crippen LogP contribution is -2.24. The molecule has 7 heteroatoms. The molecule has 0 bridgehead atoms. The van der Waals surface area contributed by atoms with Crippen LogP contribution in [0, 0.1) is 6.92 Å². The van der Waals surface area contributed by atoms with E-state index in [1.807, 2.05) is 12.1 Å². The van der Waals surface area contributed by atoms with Crippen molar-refractivity contribution in [2.75, 3.05) is 22.7 Å². The monoisotopic (exact) mass is 449 g/mol. The third kappa shape index (κ3) is 4.94. The van der Waals surface area contributed by atoms with Crippen LogP contribution in [-0.4, -0.2) is 27.4 Å². The first kappa shape index (κ1) is 21.9. The Bertz CT molecular complexity index is 1190. The van der Waals surface area contributed by atoms with Crippen molar-refractivity contribution < 1.29 is 13.2 Å². The van der Waals surface area contributed by atoms with E-state index >= 15 is 0 Å². The first-order chi connectivity index (χ1) is 15.4. The fourth-order valence-electron chi connectivity index (χ4n) is 3.87. The van der Waals surface area contributed by atoms with Crippen LogP contribution in [-0.2, 0) is 16.6 Å². The minimum absolute atomic E-state index is 0.173. The molecular formula is C25H27N3O3S. The minimum atomic E-state index is -3.73. The van der Waals surface area contributed by atoms with E-state index in [0.717, 1.165) is 18.7 Å². The lowest BCUT2D eigenvalue weighted by molar-refractivity contribution is 0.0950. The average Bonchev–Trinajstić information content (AvgIpc) is 3.35. The Labute approximate surface area is 189 Å². The lowest BCUT2D eigenvalue weighted by atomic mass is 10.1. The van der Waals surface area contributed by atoms with Gasteiger partial charge in [-0.1, -0.05) is 36.4 Å². The molecular weight excluding hydrogens is 422 g/mol. The number of benzene rings is 3. The predicted octanol–water partition coefficient (Wildman–Crippen LogP) is 4.33. The second kappa shape index (κ2) is 9.44. The summed E-state index contributed by atoms with van der Waals surface area (Å²) in [7, 11) is -3.73. The molecule has 3 aromatic carbocycles. The van der Waals surface area contributed by atoms with Gasteiger partial charge in [0.2, 0.25) is 0 Å². The van der Waals surface area contributed by atoms with Crippen molar-refractivity contribution in [3.63, 3.8) is 0 Å². The van der Waals surface area contributed by atoms with Gasteiger partial charge in [-0.3, -0.25) is 9.52 Å². The number of nitrogens with zero attached hydrogens (tertiary/aromatic N) is 1. The van der Waals surface area contributed by atoms with Crippen LogP contribution in [0.5, 0.6) is 0 Å². The van der Waals surface area contributed by atoms with Crippen molar-refractivity contribution in [3.05, 3.63) is 89.5 Å². The van der Waals surface area contributed by atoms with Crippen LogP contribution in [0.3, 0.4) is 0 Å². The largest absolute Gasteiger partial charge is 0.372 e. The number of carbonyl (C=O) groups excluding carboxylic acids is 1. The molecule has 1 saturated heterocycles. The first-order valence-electron chi connectivity index (χ1n) is 10.7. The van der Waals surface area contributed by atoms with Gasteiger partial charge >= 0.3 is 0 Å². The third-order valence-corrected chi connectivity index (χ3v) is 7.12. The minimum Gasteiger partial charge on any atom is -0.372 e. The number of hydrogen-bond donors (Lipinski definition) is 2. The third-order valence-electron chi connectivity index (χ3n) is 5.74. The number of anilines is 2. The van der Waals surface area contributed by atoms with Crippen LogP contribution < -0.4 is 14.9 Å². The molecule has 1 aliphatic rings. The van der Waals surface area contributed by atoms with Gasteiger partial charge in [-0.05, 0) is 67.3 Å². The summed E-state index contributed by atoms with van der Waals surface area (Å²) in [6, 6.07) is 21.4. The molecule has 0 aromatic heterocycles. The molecule has 4 rings (SSSR count). The van der Waals surface area contributed by atoms with Crippen LogP contribution in [0.4, 0.5) is 11.4 Å². The van der Waals surface area contributed by atoms with Gasteiger partial charge in [0.15, 0.2) is 0 Å². The molecule has 6 nitrogen and oxygen atoms in total. The predicted molar refractivity (Wildman–Crippen MR) is 127 cm³/mol. The molecule has 0 atom stereocenters. The Morgan fingerprint density at radius 1 is 0.906 bits per heavy atom. The fraction of sp³-hybridized carbons (Fsp3) is 0.240. The smallest absolute Gasteiger partial charge is 0.261 e. The topological polar surface area (TPSA) is 78.5 Å². The van der Waals surface area contributed by atoms with Crippen molar-refractivity contribution in [1.29, 1.82) is 0 Å². The van der Waals surface area contributed by atoms with Crippen LogP contribution in [0.25, 0.3) is 0 Å².